The van der Waals surface area contributed by atoms with E-state index in [4.69, 9.17) is 5.73 Å². The Morgan fingerprint density at radius 2 is 1.96 bits per heavy atom. The molecule has 0 radical (unpaired) electrons. The Balaban J connectivity index is 1.64. The number of pyridine rings is 1. The fourth-order valence-corrected chi connectivity index (χ4v) is 3.94. The summed E-state index contributed by atoms with van der Waals surface area (Å²) < 4.78 is 13.2. The van der Waals surface area contributed by atoms with Crippen molar-refractivity contribution in [2.45, 2.75) is 50.5 Å². The van der Waals surface area contributed by atoms with Crippen molar-refractivity contribution in [2.75, 3.05) is 0 Å². The van der Waals surface area contributed by atoms with Gasteiger partial charge in [-0.2, -0.15) is 4.39 Å². The molecule has 2 amide bonds. The van der Waals surface area contributed by atoms with Crippen LogP contribution in [0.4, 0.5) is 4.39 Å². The minimum absolute atomic E-state index is 0.123. The third-order valence-electron chi connectivity index (χ3n) is 5.79. The van der Waals surface area contributed by atoms with Gasteiger partial charge in [-0.25, -0.2) is 4.98 Å². The molecule has 2 fully saturated rings. The van der Waals surface area contributed by atoms with Crippen molar-refractivity contribution < 1.29 is 14.0 Å². The van der Waals surface area contributed by atoms with E-state index in [9.17, 15) is 14.0 Å². The van der Waals surface area contributed by atoms with Crippen LogP contribution in [-0.2, 0) is 4.79 Å². The van der Waals surface area contributed by atoms with Crippen LogP contribution in [0, 0.1) is 11.9 Å². The molecule has 0 aliphatic heterocycles. The van der Waals surface area contributed by atoms with E-state index in [-0.39, 0.29) is 18.2 Å². The van der Waals surface area contributed by atoms with Crippen LogP contribution in [0.2, 0.25) is 0 Å². The van der Waals surface area contributed by atoms with Crippen molar-refractivity contribution in [1.29, 1.82) is 0 Å². The Hall–Kier alpha value is -2.76. The molecule has 2 aromatic rings. The zero-order chi connectivity index (χ0) is 19.9. The fraction of sp³-hybridized carbons (Fsp3) is 0.409. The molecular formula is C22H24FN3O2. The van der Waals surface area contributed by atoms with E-state index in [1.54, 1.807) is 6.07 Å². The Morgan fingerprint density at radius 1 is 1.21 bits per heavy atom. The summed E-state index contributed by atoms with van der Waals surface area (Å²) in [7, 11) is 0. The number of amides is 2. The van der Waals surface area contributed by atoms with Crippen molar-refractivity contribution in [3.63, 3.8) is 0 Å². The highest BCUT2D eigenvalue weighted by Gasteiger charge is 2.43. The third-order valence-corrected chi connectivity index (χ3v) is 5.79. The number of hydrogen-bond donors (Lipinski definition) is 2. The largest absolute Gasteiger partial charge is 0.370 e. The monoisotopic (exact) mass is 381 g/mol. The lowest BCUT2D eigenvalue weighted by molar-refractivity contribution is -0.119. The molecule has 0 spiro atoms. The SMILES string of the molecule is C[C@](CC(N)=O)(NC(=O)c1ccc(C2CC2)c(-c2ccc(F)nc2)c1)C1CC1. The van der Waals surface area contributed by atoms with Gasteiger partial charge in [-0.3, -0.25) is 9.59 Å². The van der Waals surface area contributed by atoms with E-state index in [1.165, 1.54) is 12.3 Å². The Labute approximate surface area is 163 Å². The van der Waals surface area contributed by atoms with Gasteiger partial charge in [-0.1, -0.05) is 6.07 Å². The maximum Gasteiger partial charge on any atom is 0.251 e. The first-order valence-electron chi connectivity index (χ1n) is 9.72. The van der Waals surface area contributed by atoms with Crippen LogP contribution >= 0.6 is 0 Å². The highest BCUT2D eigenvalue weighted by atomic mass is 19.1. The maximum atomic E-state index is 13.2. The number of nitrogens with two attached hydrogens (primary N) is 1. The molecule has 1 aromatic carbocycles. The van der Waals surface area contributed by atoms with Crippen LogP contribution in [0.5, 0.6) is 0 Å². The van der Waals surface area contributed by atoms with Gasteiger partial charge in [-0.15, -0.1) is 0 Å². The predicted molar refractivity (Wildman–Crippen MR) is 104 cm³/mol. The van der Waals surface area contributed by atoms with Crippen molar-refractivity contribution >= 4 is 11.8 Å². The van der Waals surface area contributed by atoms with Gasteiger partial charge >= 0.3 is 0 Å². The number of aromatic nitrogens is 1. The zero-order valence-corrected chi connectivity index (χ0v) is 15.9. The lowest BCUT2D eigenvalue weighted by Gasteiger charge is -2.30. The van der Waals surface area contributed by atoms with Gasteiger partial charge in [0, 0.05) is 29.3 Å². The topological polar surface area (TPSA) is 85.1 Å². The average molecular weight is 381 g/mol. The molecule has 0 saturated heterocycles. The quantitative estimate of drug-likeness (QED) is 0.720. The van der Waals surface area contributed by atoms with Gasteiger partial charge in [0.2, 0.25) is 11.9 Å². The fourth-order valence-electron chi connectivity index (χ4n) is 3.94. The molecule has 0 bridgehead atoms. The molecule has 2 saturated carbocycles. The first-order chi connectivity index (χ1) is 13.4. The Morgan fingerprint density at radius 3 is 2.54 bits per heavy atom. The van der Waals surface area contributed by atoms with Gasteiger partial charge in [0.1, 0.15) is 0 Å². The van der Waals surface area contributed by atoms with Crippen molar-refractivity contribution in [3.8, 4) is 11.1 Å². The molecule has 146 valence electrons. The number of carbonyl (C=O) groups excluding carboxylic acids is 2. The van der Waals surface area contributed by atoms with Crippen LogP contribution in [0.15, 0.2) is 36.5 Å². The first-order valence-corrected chi connectivity index (χ1v) is 9.72. The van der Waals surface area contributed by atoms with Gasteiger partial charge in [-0.05, 0) is 79.8 Å². The van der Waals surface area contributed by atoms with E-state index in [0.29, 0.717) is 11.5 Å². The second kappa shape index (κ2) is 7.00. The minimum Gasteiger partial charge on any atom is -0.370 e. The number of benzene rings is 1. The number of halogens is 1. The van der Waals surface area contributed by atoms with Gasteiger partial charge in [0.05, 0.1) is 0 Å². The molecule has 4 rings (SSSR count). The second-order valence-corrected chi connectivity index (χ2v) is 8.23. The molecule has 5 nitrogen and oxygen atoms in total. The lowest BCUT2D eigenvalue weighted by atomic mass is 9.90. The molecule has 6 heteroatoms. The normalized spacial score (nSPS) is 18.4. The second-order valence-electron chi connectivity index (χ2n) is 8.23. The summed E-state index contributed by atoms with van der Waals surface area (Å²) in [6.45, 7) is 1.89. The van der Waals surface area contributed by atoms with Gasteiger partial charge in [0.25, 0.3) is 5.91 Å². The number of primary amides is 1. The highest BCUT2D eigenvalue weighted by molar-refractivity contribution is 5.96. The lowest BCUT2D eigenvalue weighted by Crippen LogP contribution is -2.50. The number of nitrogens with zero attached hydrogens (tertiary/aromatic N) is 1. The predicted octanol–water partition coefficient (Wildman–Crippen LogP) is 3.54. The minimum atomic E-state index is -0.629. The van der Waals surface area contributed by atoms with E-state index in [0.717, 1.165) is 42.4 Å². The number of carbonyl (C=O) groups is 2. The van der Waals surface area contributed by atoms with Crippen LogP contribution in [0.3, 0.4) is 0 Å². The summed E-state index contributed by atoms with van der Waals surface area (Å²) in [5, 5.41) is 3.04. The first kappa shape index (κ1) is 18.6. The van der Waals surface area contributed by atoms with Crippen molar-refractivity contribution in [1.82, 2.24) is 10.3 Å². The molecule has 2 aliphatic rings. The summed E-state index contributed by atoms with van der Waals surface area (Å²) in [5.41, 5.74) is 8.15. The maximum absolute atomic E-state index is 13.2. The van der Waals surface area contributed by atoms with E-state index in [1.807, 2.05) is 25.1 Å². The molecule has 1 heterocycles. The summed E-state index contributed by atoms with van der Waals surface area (Å²) >= 11 is 0. The number of nitrogens with one attached hydrogen (secondary N) is 1. The van der Waals surface area contributed by atoms with E-state index >= 15 is 0 Å². The summed E-state index contributed by atoms with van der Waals surface area (Å²) in [5.74, 6) is -0.428. The molecule has 1 atom stereocenters. The van der Waals surface area contributed by atoms with Crippen LogP contribution in [-0.4, -0.2) is 22.3 Å². The Bertz CT molecular complexity index is 920. The summed E-state index contributed by atoms with van der Waals surface area (Å²) in [6.07, 6.45) is 5.82. The highest BCUT2D eigenvalue weighted by Crippen LogP contribution is 2.45. The van der Waals surface area contributed by atoms with Crippen molar-refractivity contribution in [2.24, 2.45) is 11.7 Å². The van der Waals surface area contributed by atoms with Gasteiger partial charge in [0.15, 0.2) is 0 Å². The number of hydrogen-bond acceptors (Lipinski definition) is 3. The molecule has 0 unspecified atom stereocenters. The summed E-state index contributed by atoms with van der Waals surface area (Å²) in [4.78, 5) is 28.2. The van der Waals surface area contributed by atoms with Crippen LogP contribution in [0.1, 0.15) is 60.9 Å². The molecule has 2 aliphatic carbocycles. The smallest absolute Gasteiger partial charge is 0.251 e. The van der Waals surface area contributed by atoms with E-state index in [2.05, 4.69) is 10.3 Å². The third kappa shape index (κ3) is 3.91. The van der Waals surface area contributed by atoms with Crippen LogP contribution in [0.25, 0.3) is 11.1 Å². The Kier molecular flexibility index (Phi) is 4.65. The molecule has 1 aromatic heterocycles. The molecule has 28 heavy (non-hydrogen) atoms. The molecular weight excluding hydrogens is 357 g/mol. The van der Waals surface area contributed by atoms with Crippen LogP contribution < -0.4 is 11.1 Å². The summed E-state index contributed by atoms with van der Waals surface area (Å²) in [6, 6.07) is 8.66. The van der Waals surface area contributed by atoms with Crippen molar-refractivity contribution in [3.05, 3.63) is 53.6 Å². The van der Waals surface area contributed by atoms with Gasteiger partial charge < -0.3 is 11.1 Å². The van der Waals surface area contributed by atoms with E-state index < -0.39 is 17.4 Å². The average Bonchev–Trinajstić information content (AvgIpc) is 3.54. The standard InChI is InChI=1S/C22H24FN3O2/c1-22(11-20(24)27,16-6-7-16)26-21(28)14-4-8-17(13-2-3-13)18(10-14)15-5-9-19(23)25-12-15/h4-5,8-10,12-13,16H,2-3,6-7,11H2,1H3,(H2,24,27)(H,26,28)/t22-/m1/s1. The zero-order valence-electron chi connectivity index (χ0n) is 15.9. The number of rotatable bonds is 7. The molecule has 3 N–H and O–H groups in total.